The van der Waals surface area contributed by atoms with Crippen LogP contribution in [0.1, 0.15) is 36.2 Å². The van der Waals surface area contributed by atoms with Gasteiger partial charge in [0, 0.05) is 45.1 Å². The van der Waals surface area contributed by atoms with Crippen LogP contribution in [0.5, 0.6) is 0 Å². The predicted molar refractivity (Wildman–Crippen MR) is 96.3 cm³/mol. The first-order chi connectivity index (χ1) is 11.6. The second-order valence-electron chi connectivity index (χ2n) is 6.56. The molecular formula is C19H26N4O. The summed E-state index contributed by atoms with van der Waals surface area (Å²) in [7, 11) is 3.85. The van der Waals surface area contributed by atoms with E-state index < -0.39 is 0 Å². The molecule has 3 rings (SSSR count). The third kappa shape index (κ3) is 3.78. The van der Waals surface area contributed by atoms with Gasteiger partial charge in [-0.3, -0.25) is 0 Å². The number of aryl methyl sites for hydroxylation is 3. The zero-order chi connectivity index (χ0) is 16.9. The van der Waals surface area contributed by atoms with Gasteiger partial charge in [0.15, 0.2) is 0 Å². The summed E-state index contributed by atoms with van der Waals surface area (Å²) >= 11 is 0. The molecule has 0 aliphatic heterocycles. The van der Waals surface area contributed by atoms with Gasteiger partial charge in [-0.25, -0.2) is 9.78 Å². The molecule has 5 nitrogen and oxygen atoms in total. The molecule has 1 aromatic heterocycles. The summed E-state index contributed by atoms with van der Waals surface area (Å²) in [5, 5.41) is 3.09. The molecule has 0 unspecified atom stereocenters. The molecule has 24 heavy (non-hydrogen) atoms. The monoisotopic (exact) mass is 326 g/mol. The van der Waals surface area contributed by atoms with Crippen molar-refractivity contribution in [2.45, 2.75) is 38.5 Å². The van der Waals surface area contributed by atoms with Crippen LogP contribution in [-0.2, 0) is 26.3 Å². The molecule has 2 amide bonds. The van der Waals surface area contributed by atoms with E-state index >= 15 is 0 Å². The predicted octanol–water partition coefficient (Wildman–Crippen LogP) is 3.40. The number of hydrogen-bond acceptors (Lipinski definition) is 2. The summed E-state index contributed by atoms with van der Waals surface area (Å²) in [5.74, 6) is 1.06. The topological polar surface area (TPSA) is 50.2 Å². The van der Waals surface area contributed by atoms with Crippen LogP contribution in [0.25, 0.3) is 0 Å². The molecule has 0 radical (unpaired) electrons. The summed E-state index contributed by atoms with van der Waals surface area (Å²) in [6, 6.07) is 6.21. The van der Waals surface area contributed by atoms with Crippen LogP contribution >= 0.6 is 0 Å². The molecule has 1 N–H and O–H groups in total. The molecular weight excluding hydrogens is 300 g/mol. The van der Waals surface area contributed by atoms with Crippen LogP contribution in [0.4, 0.5) is 10.5 Å². The average molecular weight is 326 g/mol. The molecule has 0 bridgehead atoms. The first kappa shape index (κ1) is 16.6. The maximum Gasteiger partial charge on any atom is 0.321 e. The lowest BCUT2D eigenvalue weighted by atomic mass is 9.90. The van der Waals surface area contributed by atoms with E-state index in [1.165, 1.54) is 24.0 Å². The number of carbonyl (C=O) groups excluding carboxylic acids is 1. The van der Waals surface area contributed by atoms with E-state index in [1.54, 1.807) is 4.90 Å². The summed E-state index contributed by atoms with van der Waals surface area (Å²) in [6.07, 6.45) is 10.2. The lowest BCUT2D eigenvalue weighted by Gasteiger charge is -2.22. The van der Waals surface area contributed by atoms with Crippen LogP contribution in [0.3, 0.4) is 0 Å². The maximum absolute atomic E-state index is 12.5. The van der Waals surface area contributed by atoms with Crippen molar-refractivity contribution in [3.8, 4) is 0 Å². The highest BCUT2D eigenvalue weighted by atomic mass is 16.2. The highest BCUT2D eigenvalue weighted by Gasteiger charge is 2.16. The number of nitrogens with one attached hydrogen (secondary N) is 1. The Morgan fingerprint density at radius 3 is 2.96 bits per heavy atom. The minimum atomic E-state index is -0.0335. The molecule has 128 valence electrons. The van der Waals surface area contributed by atoms with E-state index in [0.717, 1.165) is 37.2 Å². The van der Waals surface area contributed by atoms with Crippen molar-refractivity contribution < 1.29 is 4.79 Å². The number of amides is 2. The van der Waals surface area contributed by atoms with Crippen LogP contribution < -0.4 is 5.32 Å². The van der Waals surface area contributed by atoms with E-state index in [9.17, 15) is 4.79 Å². The number of fused-ring (bicyclic) bond motifs is 1. The van der Waals surface area contributed by atoms with Gasteiger partial charge in [0.2, 0.25) is 0 Å². The third-order valence-electron chi connectivity index (χ3n) is 4.80. The lowest BCUT2D eigenvalue weighted by molar-refractivity contribution is 0.222. The van der Waals surface area contributed by atoms with E-state index in [1.807, 2.05) is 43.2 Å². The number of aromatic nitrogens is 2. The van der Waals surface area contributed by atoms with Gasteiger partial charge in [0.25, 0.3) is 0 Å². The van der Waals surface area contributed by atoms with Crippen molar-refractivity contribution in [2.24, 2.45) is 7.05 Å². The number of urea groups is 1. The van der Waals surface area contributed by atoms with Gasteiger partial charge in [-0.05, 0) is 49.3 Å². The van der Waals surface area contributed by atoms with Gasteiger partial charge in [0.05, 0.1) is 0 Å². The zero-order valence-corrected chi connectivity index (χ0v) is 14.6. The number of hydrogen-bond donors (Lipinski definition) is 1. The fraction of sp³-hybridized carbons (Fsp3) is 0.474. The third-order valence-corrected chi connectivity index (χ3v) is 4.80. The van der Waals surface area contributed by atoms with Crippen molar-refractivity contribution in [2.75, 3.05) is 18.9 Å². The van der Waals surface area contributed by atoms with E-state index in [4.69, 9.17) is 0 Å². The first-order valence-electron chi connectivity index (χ1n) is 8.74. The molecule has 0 saturated heterocycles. The fourth-order valence-electron chi connectivity index (χ4n) is 3.32. The SMILES string of the molecule is CN(CCCc1nccn1C)C(=O)Nc1cccc2c1CCCC2. The number of benzene rings is 1. The Morgan fingerprint density at radius 2 is 2.17 bits per heavy atom. The summed E-state index contributed by atoms with van der Waals surface area (Å²) in [4.78, 5) is 18.5. The smallest absolute Gasteiger partial charge is 0.321 e. The minimum absolute atomic E-state index is 0.0335. The molecule has 0 atom stereocenters. The maximum atomic E-state index is 12.5. The van der Waals surface area contributed by atoms with E-state index in [2.05, 4.69) is 16.4 Å². The quantitative estimate of drug-likeness (QED) is 0.915. The largest absolute Gasteiger partial charge is 0.338 e. The van der Waals surface area contributed by atoms with Crippen LogP contribution in [-0.4, -0.2) is 34.1 Å². The van der Waals surface area contributed by atoms with Crippen molar-refractivity contribution in [3.05, 3.63) is 47.5 Å². The van der Waals surface area contributed by atoms with Crippen molar-refractivity contribution in [1.29, 1.82) is 0 Å². The molecule has 1 aliphatic carbocycles. The Kier molecular flexibility index (Phi) is 5.18. The Balaban J connectivity index is 1.54. The molecule has 1 aromatic carbocycles. The molecule has 2 aromatic rings. The number of rotatable bonds is 5. The minimum Gasteiger partial charge on any atom is -0.338 e. The van der Waals surface area contributed by atoms with Gasteiger partial charge >= 0.3 is 6.03 Å². The van der Waals surface area contributed by atoms with Crippen molar-refractivity contribution in [3.63, 3.8) is 0 Å². The van der Waals surface area contributed by atoms with Gasteiger partial charge in [-0.2, -0.15) is 0 Å². The zero-order valence-electron chi connectivity index (χ0n) is 14.6. The van der Waals surface area contributed by atoms with Crippen molar-refractivity contribution in [1.82, 2.24) is 14.5 Å². The Bertz CT molecular complexity index is 707. The van der Waals surface area contributed by atoms with Gasteiger partial charge in [-0.1, -0.05) is 12.1 Å². The molecule has 0 fully saturated rings. The van der Waals surface area contributed by atoms with Gasteiger partial charge in [-0.15, -0.1) is 0 Å². The van der Waals surface area contributed by atoms with Crippen LogP contribution in [0.2, 0.25) is 0 Å². The highest BCUT2D eigenvalue weighted by molar-refractivity contribution is 5.90. The number of imidazole rings is 1. The normalized spacial score (nSPS) is 13.4. The Labute approximate surface area is 143 Å². The van der Waals surface area contributed by atoms with E-state index in [-0.39, 0.29) is 6.03 Å². The van der Waals surface area contributed by atoms with Gasteiger partial charge in [0.1, 0.15) is 5.82 Å². The molecule has 1 heterocycles. The standard InChI is InChI=1S/C19H26N4O/c1-22-14-12-20-18(22)11-6-13-23(2)19(24)21-17-10-5-8-15-7-3-4-9-16(15)17/h5,8,10,12,14H,3-4,6-7,9,11,13H2,1-2H3,(H,21,24). The average Bonchev–Trinajstić information content (AvgIpc) is 3.00. The summed E-state index contributed by atoms with van der Waals surface area (Å²) in [5.41, 5.74) is 3.68. The van der Waals surface area contributed by atoms with Crippen LogP contribution in [0, 0.1) is 0 Å². The number of carbonyl (C=O) groups is 1. The lowest BCUT2D eigenvalue weighted by Crippen LogP contribution is -2.33. The molecule has 1 aliphatic rings. The highest BCUT2D eigenvalue weighted by Crippen LogP contribution is 2.27. The summed E-state index contributed by atoms with van der Waals surface area (Å²) in [6.45, 7) is 0.716. The van der Waals surface area contributed by atoms with E-state index in [0.29, 0.717) is 6.54 Å². The Hall–Kier alpha value is -2.30. The van der Waals surface area contributed by atoms with Crippen LogP contribution in [0.15, 0.2) is 30.6 Å². The number of nitrogens with zero attached hydrogens (tertiary/aromatic N) is 3. The van der Waals surface area contributed by atoms with Crippen molar-refractivity contribution >= 4 is 11.7 Å². The molecule has 0 saturated carbocycles. The second kappa shape index (κ2) is 7.51. The summed E-state index contributed by atoms with van der Waals surface area (Å²) < 4.78 is 2.02. The first-order valence-corrected chi connectivity index (χ1v) is 8.74. The molecule has 0 spiro atoms. The fourth-order valence-corrected chi connectivity index (χ4v) is 3.32. The van der Waals surface area contributed by atoms with Gasteiger partial charge < -0.3 is 14.8 Å². The Morgan fingerprint density at radius 1 is 1.33 bits per heavy atom. The second-order valence-corrected chi connectivity index (χ2v) is 6.56. The number of anilines is 1. The molecule has 5 heteroatoms.